The van der Waals surface area contributed by atoms with E-state index in [-0.39, 0.29) is 32.7 Å². The Kier molecular flexibility index (Phi) is 10.3. The fourth-order valence-electron chi connectivity index (χ4n) is 0. The smallest absolute Gasteiger partial charge is 0 e. The van der Waals surface area contributed by atoms with Crippen molar-refractivity contribution >= 4 is 0 Å². The van der Waals surface area contributed by atoms with Crippen molar-refractivity contribution in [1.82, 2.24) is 0 Å². The standard InChI is InChI=1S/C5H11.Y/c1-4-5(2)3;/h4H2,1-3H3;/q-1;. The van der Waals surface area contributed by atoms with Crippen LogP contribution in [0.4, 0.5) is 0 Å². The van der Waals surface area contributed by atoms with Gasteiger partial charge in [0.25, 0.3) is 0 Å². The summed E-state index contributed by atoms with van der Waals surface area (Å²) < 4.78 is 0. The van der Waals surface area contributed by atoms with Crippen LogP contribution < -0.4 is 0 Å². The number of hydrogen-bond donors (Lipinski definition) is 0. The summed E-state index contributed by atoms with van der Waals surface area (Å²) in [4.78, 5) is 0. The van der Waals surface area contributed by atoms with E-state index in [0.29, 0.717) is 0 Å². The molecule has 0 rings (SSSR count). The molecule has 0 spiro atoms. The van der Waals surface area contributed by atoms with E-state index in [1.54, 1.807) is 0 Å². The Balaban J connectivity index is 0. The van der Waals surface area contributed by atoms with Gasteiger partial charge in [0.2, 0.25) is 0 Å². The molecule has 0 saturated heterocycles. The molecule has 0 saturated carbocycles. The second kappa shape index (κ2) is 6.10. The zero-order chi connectivity index (χ0) is 4.28. The van der Waals surface area contributed by atoms with E-state index in [1.807, 2.05) is 0 Å². The van der Waals surface area contributed by atoms with Crippen LogP contribution in [0.3, 0.4) is 0 Å². The van der Waals surface area contributed by atoms with Gasteiger partial charge in [0.15, 0.2) is 0 Å². The van der Waals surface area contributed by atoms with E-state index in [2.05, 4.69) is 20.8 Å². The first-order valence-electron chi connectivity index (χ1n) is 2.06. The first kappa shape index (κ1) is 10.2. The van der Waals surface area contributed by atoms with Crippen LogP contribution in [0.15, 0.2) is 0 Å². The van der Waals surface area contributed by atoms with E-state index in [1.165, 1.54) is 12.3 Å². The van der Waals surface area contributed by atoms with Gasteiger partial charge >= 0.3 is 0 Å². The van der Waals surface area contributed by atoms with Crippen molar-refractivity contribution in [3.8, 4) is 0 Å². The summed E-state index contributed by atoms with van der Waals surface area (Å²) in [5, 5.41) is 0. The van der Waals surface area contributed by atoms with E-state index >= 15 is 0 Å². The molecule has 0 fully saturated rings. The summed E-state index contributed by atoms with van der Waals surface area (Å²) in [6.45, 7) is 6.44. The molecule has 0 aromatic rings. The van der Waals surface area contributed by atoms with Gasteiger partial charge in [-0.1, -0.05) is 6.92 Å². The monoisotopic (exact) mass is 160 g/mol. The van der Waals surface area contributed by atoms with Gasteiger partial charge in [-0.15, -0.1) is 0 Å². The molecule has 0 bridgehead atoms. The summed E-state index contributed by atoms with van der Waals surface area (Å²) in [5.74, 6) is 1.50. The van der Waals surface area contributed by atoms with E-state index in [0.717, 1.165) is 0 Å². The zero-order valence-corrected chi connectivity index (χ0v) is 7.62. The predicted octanol–water partition coefficient (Wildman–Crippen LogP) is 2.01. The molecule has 0 aliphatic rings. The van der Waals surface area contributed by atoms with Gasteiger partial charge < -0.3 is 5.92 Å². The molecular formula is C5H11Y-. The maximum absolute atomic E-state index is 2.16. The van der Waals surface area contributed by atoms with E-state index in [9.17, 15) is 0 Å². The van der Waals surface area contributed by atoms with Crippen molar-refractivity contribution in [1.29, 1.82) is 0 Å². The second-order valence-electron chi connectivity index (χ2n) is 1.56. The van der Waals surface area contributed by atoms with Gasteiger partial charge in [-0.3, -0.25) is 0 Å². The van der Waals surface area contributed by atoms with Gasteiger partial charge in [0, 0.05) is 32.7 Å². The third kappa shape index (κ3) is 8.92. The van der Waals surface area contributed by atoms with Crippen LogP contribution in [-0.2, 0) is 32.7 Å². The van der Waals surface area contributed by atoms with Crippen molar-refractivity contribution in [2.75, 3.05) is 0 Å². The van der Waals surface area contributed by atoms with Crippen molar-refractivity contribution in [2.24, 2.45) is 0 Å². The molecule has 35 valence electrons. The van der Waals surface area contributed by atoms with Crippen LogP contribution in [0.25, 0.3) is 0 Å². The van der Waals surface area contributed by atoms with Gasteiger partial charge in [-0.25, -0.2) is 0 Å². The van der Waals surface area contributed by atoms with Crippen LogP contribution in [0.2, 0.25) is 0 Å². The fourth-order valence-corrected chi connectivity index (χ4v) is 0. The minimum absolute atomic E-state index is 0. The molecule has 0 aliphatic heterocycles. The summed E-state index contributed by atoms with van der Waals surface area (Å²) in [6, 6.07) is 0. The molecule has 0 amide bonds. The molecule has 0 N–H and O–H groups in total. The van der Waals surface area contributed by atoms with Crippen molar-refractivity contribution in [2.45, 2.75) is 27.2 Å². The Morgan fingerprint density at radius 3 is 1.50 bits per heavy atom. The molecule has 1 radical (unpaired) electrons. The predicted molar refractivity (Wildman–Crippen MR) is 24.9 cm³/mol. The van der Waals surface area contributed by atoms with Crippen molar-refractivity contribution in [3.63, 3.8) is 0 Å². The molecule has 1 heteroatoms. The second-order valence-corrected chi connectivity index (χ2v) is 1.56. The Morgan fingerprint density at radius 2 is 1.50 bits per heavy atom. The van der Waals surface area contributed by atoms with Crippen LogP contribution in [-0.4, -0.2) is 0 Å². The molecule has 0 heterocycles. The average molecular weight is 160 g/mol. The quantitative estimate of drug-likeness (QED) is 0.514. The molecule has 0 aromatic heterocycles. The molecule has 6 heavy (non-hydrogen) atoms. The van der Waals surface area contributed by atoms with Gasteiger partial charge in [0.1, 0.15) is 0 Å². The summed E-state index contributed by atoms with van der Waals surface area (Å²) >= 11 is 0. The van der Waals surface area contributed by atoms with Crippen LogP contribution in [0.1, 0.15) is 27.2 Å². The summed E-state index contributed by atoms with van der Waals surface area (Å²) in [5.41, 5.74) is 0. The minimum Gasteiger partial charge on any atom is -0.320 e. The minimum atomic E-state index is 0. The Hall–Kier alpha value is 1.10. The maximum Gasteiger partial charge on any atom is 0 e. The van der Waals surface area contributed by atoms with Gasteiger partial charge in [-0.2, -0.15) is 20.3 Å². The topological polar surface area (TPSA) is 0 Å². The third-order valence-electron chi connectivity index (χ3n) is 0.707. The Morgan fingerprint density at radius 1 is 1.33 bits per heavy atom. The molecule has 0 atom stereocenters. The van der Waals surface area contributed by atoms with Crippen LogP contribution in [0, 0.1) is 5.92 Å². The van der Waals surface area contributed by atoms with Crippen molar-refractivity contribution in [3.05, 3.63) is 5.92 Å². The molecule has 0 unspecified atom stereocenters. The summed E-state index contributed by atoms with van der Waals surface area (Å²) in [7, 11) is 0. The third-order valence-corrected chi connectivity index (χ3v) is 0.707. The summed E-state index contributed by atoms with van der Waals surface area (Å²) in [6.07, 6.45) is 1.22. The first-order valence-corrected chi connectivity index (χ1v) is 2.06. The number of rotatable bonds is 1. The average Bonchev–Trinajstić information content (AvgIpc) is 1.38. The maximum atomic E-state index is 2.16. The van der Waals surface area contributed by atoms with E-state index in [4.69, 9.17) is 0 Å². The SMILES string of the molecule is CC[C-](C)C.[Y]. The number of hydrogen-bond acceptors (Lipinski definition) is 0. The molecule has 0 aromatic carbocycles. The van der Waals surface area contributed by atoms with E-state index < -0.39 is 0 Å². The van der Waals surface area contributed by atoms with Gasteiger partial charge in [0.05, 0.1) is 0 Å². The zero-order valence-electron chi connectivity index (χ0n) is 4.78. The van der Waals surface area contributed by atoms with Crippen LogP contribution >= 0.6 is 0 Å². The molecule has 0 aliphatic carbocycles. The fraction of sp³-hybridized carbons (Fsp3) is 0.800. The first-order chi connectivity index (χ1) is 2.27. The van der Waals surface area contributed by atoms with Gasteiger partial charge in [-0.05, 0) is 0 Å². The Labute approximate surface area is 65.6 Å². The Bertz CT molecular complexity index is 17.9. The molecular weight excluding hydrogens is 149 g/mol. The molecule has 0 nitrogen and oxygen atoms in total. The van der Waals surface area contributed by atoms with Crippen LogP contribution in [0.5, 0.6) is 0 Å². The van der Waals surface area contributed by atoms with Crippen molar-refractivity contribution < 1.29 is 32.7 Å². The normalized spacial score (nSPS) is 8.00. The largest absolute Gasteiger partial charge is 0.320 e.